The number of carboxylic acid groups (broad SMARTS) is 1. The van der Waals surface area contributed by atoms with Crippen molar-refractivity contribution in [3.05, 3.63) is 101 Å². The molecule has 0 aliphatic rings. The number of sulfone groups is 1. The molecule has 33 heavy (non-hydrogen) atoms. The third kappa shape index (κ3) is 4.96. The highest BCUT2D eigenvalue weighted by atomic mass is 32.2. The number of carboxylic acids is 1. The van der Waals surface area contributed by atoms with Crippen molar-refractivity contribution >= 4 is 26.6 Å². The molecule has 0 unspecified atom stereocenters. The van der Waals surface area contributed by atoms with Crippen molar-refractivity contribution in [2.45, 2.75) is 24.7 Å². The Bertz CT molecular complexity index is 1460. The van der Waals surface area contributed by atoms with Crippen LogP contribution in [0.4, 0.5) is 4.39 Å². The minimum atomic E-state index is -3.24. The summed E-state index contributed by atoms with van der Waals surface area (Å²) in [7, 11) is -3.24. The summed E-state index contributed by atoms with van der Waals surface area (Å²) in [6.45, 7) is 1.88. The summed E-state index contributed by atoms with van der Waals surface area (Å²) in [5.74, 6) is -1.24. The van der Waals surface area contributed by atoms with Crippen molar-refractivity contribution in [3.8, 4) is 11.1 Å². The Morgan fingerprint density at radius 1 is 0.909 bits per heavy atom. The number of aliphatic carboxylic acids is 1. The topological polar surface area (TPSA) is 71.4 Å². The van der Waals surface area contributed by atoms with Gasteiger partial charge in [-0.15, -0.1) is 0 Å². The van der Waals surface area contributed by atoms with Crippen molar-refractivity contribution in [2.75, 3.05) is 6.26 Å². The molecule has 4 nitrogen and oxygen atoms in total. The van der Waals surface area contributed by atoms with Crippen LogP contribution in [0, 0.1) is 12.7 Å². The third-order valence-electron chi connectivity index (χ3n) is 5.90. The van der Waals surface area contributed by atoms with Gasteiger partial charge in [0.2, 0.25) is 0 Å². The van der Waals surface area contributed by atoms with E-state index in [1.54, 1.807) is 30.3 Å². The number of benzene rings is 4. The zero-order valence-electron chi connectivity index (χ0n) is 18.3. The Morgan fingerprint density at radius 2 is 1.52 bits per heavy atom. The molecular weight excluding hydrogens is 439 g/mol. The minimum Gasteiger partial charge on any atom is -0.481 e. The lowest BCUT2D eigenvalue weighted by Gasteiger charge is -2.15. The van der Waals surface area contributed by atoms with E-state index >= 15 is 0 Å². The number of hydrogen-bond acceptors (Lipinski definition) is 3. The van der Waals surface area contributed by atoms with Crippen LogP contribution in [0.3, 0.4) is 0 Å². The fourth-order valence-corrected chi connectivity index (χ4v) is 4.73. The lowest BCUT2D eigenvalue weighted by Crippen LogP contribution is -2.05. The zero-order valence-corrected chi connectivity index (χ0v) is 19.1. The maximum absolute atomic E-state index is 14.0. The SMILES string of the molecule is Cc1c(CC(=O)O)cc2ccc(F)cc2c1Cc1ccc(-c2ccc(S(C)(=O)=O)cc2)cc1. The summed E-state index contributed by atoms with van der Waals surface area (Å²) < 4.78 is 37.3. The molecule has 4 rings (SSSR count). The molecule has 0 aliphatic carbocycles. The van der Waals surface area contributed by atoms with Gasteiger partial charge in [-0.1, -0.05) is 48.5 Å². The van der Waals surface area contributed by atoms with Crippen LogP contribution >= 0.6 is 0 Å². The van der Waals surface area contributed by atoms with Crippen LogP contribution in [0.5, 0.6) is 0 Å². The van der Waals surface area contributed by atoms with Crippen LogP contribution < -0.4 is 0 Å². The molecule has 0 atom stereocenters. The van der Waals surface area contributed by atoms with Crippen molar-refractivity contribution in [3.63, 3.8) is 0 Å². The summed E-state index contributed by atoms with van der Waals surface area (Å²) in [5, 5.41) is 10.9. The van der Waals surface area contributed by atoms with Gasteiger partial charge in [-0.05, 0) is 81.8 Å². The van der Waals surface area contributed by atoms with E-state index < -0.39 is 15.8 Å². The monoisotopic (exact) mass is 462 g/mol. The second-order valence-electron chi connectivity index (χ2n) is 8.25. The first kappa shape index (κ1) is 22.7. The summed E-state index contributed by atoms with van der Waals surface area (Å²) in [6.07, 6.45) is 1.63. The molecular formula is C27H23FO4S. The standard InChI is InChI=1S/C27H23FO4S/c1-17-22(15-27(29)30)14-21-7-10-23(28)16-26(21)25(17)13-18-3-5-19(6-4-18)20-8-11-24(12-9-20)33(2,31)32/h3-12,14,16H,13,15H2,1-2H3,(H,29,30). The molecule has 0 amide bonds. The molecule has 0 saturated carbocycles. The first-order valence-corrected chi connectivity index (χ1v) is 12.3. The Labute approximate surface area is 192 Å². The van der Waals surface area contributed by atoms with Gasteiger partial charge in [-0.3, -0.25) is 4.79 Å². The molecule has 4 aromatic carbocycles. The third-order valence-corrected chi connectivity index (χ3v) is 7.03. The lowest BCUT2D eigenvalue weighted by atomic mass is 9.89. The van der Waals surface area contributed by atoms with Gasteiger partial charge < -0.3 is 5.11 Å². The molecule has 0 aromatic heterocycles. The molecule has 0 saturated heterocycles. The fraction of sp³-hybridized carbons (Fsp3) is 0.148. The van der Waals surface area contributed by atoms with Gasteiger partial charge in [0.05, 0.1) is 11.3 Å². The second-order valence-corrected chi connectivity index (χ2v) is 10.3. The average Bonchev–Trinajstić information content (AvgIpc) is 2.77. The maximum Gasteiger partial charge on any atom is 0.307 e. The van der Waals surface area contributed by atoms with Crippen LogP contribution in [0.2, 0.25) is 0 Å². The van der Waals surface area contributed by atoms with Gasteiger partial charge in [-0.25, -0.2) is 12.8 Å². The van der Waals surface area contributed by atoms with E-state index in [4.69, 9.17) is 0 Å². The Balaban J connectivity index is 1.69. The fourth-order valence-electron chi connectivity index (χ4n) is 4.10. The van der Waals surface area contributed by atoms with Gasteiger partial charge in [0.15, 0.2) is 9.84 Å². The van der Waals surface area contributed by atoms with Gasteiger partial charge >= 0.3 is 5.97 Å². The van der Waals surface area contributed by atoms with E-state index in [1.165, 1.54) is 18.4 Å². The lowest BCUT2D eigenvalue weighted by molar-refractivity contribution is -0.136. The molecule has 0 heterocycles. The van der Waals surface area contributed by atoms with Gasteiger partial charge in [0.1, 0.15) is 5.82 Å². The minimum absolute atomic E-state index is 0.0887. The Kier molecular flexibility index (Phi) is 6.04. The number of halogens is 1. The van der Waals surface area contributed by atoms with Crippen LogP contribution in [0.1, 0.15) is 22.3 Å². The molecule has 0 bridgehead atoms. The van der Waals surface area contributed by atoms with Crippen molar-refractivity contribution in [2.24, 2.45) is 0 Å². The van der Waals surface area contributed by atoms with E-state index in [2.05, 4.69) is 0 Å². The number of carbonyl (C=O) groups is 1. The van der Waals surface area contributed by atoms with E-state index in [9.17, 15) is 22.7 Å². The number of rotatable bonds is 6. The highest BCUT2D eigenvalue weighted by molar-refractivity contribution is 7.90. The normalized spacial score (nSPS) is 11.6. The molecule has 0 radical (unpaired) electrons. The van der Waals surface area contributed by atoms with Crippen molar-refractivity contribution < 1.29 is 22.7 Å². The van der Waals surface area contributed by atoms with Gasteiger partial charge in [0, 0.05) is 6.26 Å². The van der Waals surface area contributed by atoms with Gasteiger partial charge in [0.25, 0.3) is 0 Å². The highest BCUT2D eigenvalue weighted by Gasteiger charge is 2.14. The van der Waals surface area contributed by atoms with Crippen LogP contribution in [0.25, 0.3) is 21.9 Å². The molecule has 6 heteroatoms. The van der Waals surface area contributed by atoms with Crippen LogP contribution in [0.15, 0.2) is 77.7 Å². The summed E-state index contributed by atoms with van der Waals surface area (Å²) in [6, 6.07) is 21.0. The summed E-state index contributed by atoms with van der Waals surface area (Å²) in [4.78, 5) is 11.6. The maximum atomic E-state index is 14.0. The second kappa shape index (κ2) is 8.79. The smallest absolute Gasteiger partial charge is 0.307 e. The largest absolute Gasteiger partial charge is 0.481 e. The Hall–Kier alpha value is -3.51. The van der Waals surface area contributed by atoms with E-state index in [1.807, 2.05) is 37.3 Å². The average molecular weight is 463 g/mol. The predicted molar refractivity (Wildman–Crippen MR) is 128 cm³/mol. The zero-order chi connectivity index (χ0) is 23.8. The first-order valence-electron chi connectivity index (χ1n) is 10.4. The molecule has 168 valence electrons. The molecule has 1 N–H and O–H groups in total. The summed E-state index contributed by atoms with van der Waals surface area (Å²) in [5.41, 5.74) is 5.35. The van der Waals surface area contributed by atoms with Crippen molar-refractivity contribution in [1.82, 2.24) is 0 Å². The van der Waals surface area contributed by atoms with E-state index in [0.717, 1.165) is 44.2 Å². The number of hydrogen-bond donors (Lipinski definition) is 1. The number of fused-ring (bicyclic) bond motifs is 1. The molecule has 0 spiro atoms. The molecule has 0 aliphatic heterocycles. The quantitative estimate of drug-likeness (QED) is 0.406. The summed E-state index contributed by atoms with van der Waals surface area (Å²) >= 11 is 0. The van der Waals surface area contributed by atoms with Crippen molar-refractivity contribution in [1.29, 1.82) is 0 Å². The van der Waals surface area contributed by atoms with Gasteiger partial charge in [-0.2, -0.15) is 0 Å². The first-order chi connectivity index (χ1) is 15.6. The van der Waals surface area contributed by atoms with E-state index in [0.29, 0.717) is 6.42 Å². The predicted octanol–water partition coefficient (Wildman–Crippen LogP) is 5.58. The van der Waals surface area contributed by atoms with E-state index in [-0.39, 0.29) is 17.1 Å². The van der Waals surface area contributed by atoms with Crippen LogP contribution in [-0.4, -0.2) is 25.7 Å². The Morgan fingerprint density at radius 3 is 2.09 bits per heavy atom. The molecule has 4 aromatic rings. The van der Waals surface area contributed by atoms with Crippen LogP contribution in [-0.2, 0) is 27.5 Å². The highest BCUT2D eigenvalue weighted by Crippen LogP contribution is 2.30. The molecule has 0 fully saturated rings.